The highest BCUT2D eigenvalue weighted by Gasteiger charge is 2.31. The van der Waals surface area contributed by atoms with E-state index in [0.29, 0.717) is 11.6 Å². The Balaban J connectivity index is 0.00000243. The van der Waals surface area contributed by atoms with Gasteiger partial charge in [-0.2, -0.15) is 0 Å². The van der Waals surface area contributed by atoms with Crippen molar-refractivity contribution in [3.63, 3.8) is 0 Å². The minimum absolute atomic E-state index is 0. The van der Waals surface area contributed by atoms with Crippen molar-refractivity contribution in [3.05, 3.63) is 64.9 Å². The van der Waals surface area contributed by atoms with Crippen molar-refractivity contribution in [3.8, 4) is 0 Å². The van der Waals surface area contributed by atoms with E-state index >= 15 is 0 Å². The van der Waals surface area contributed by atoms with E-state index in [9.17, 15) is 9.18 Å². The van der Waals surface area contributed by atoms with E-state index in [1.807, 2.05) is 18.2 Å². The number of hydrogen-bond donors (Lipinski definition) is 2. The smallest absolute Gasteiger partial charge is 0.225 e. The second-order valence-corrected chi connectivity index (χ2v) is 6.80. The standard InChI is InChI=1S/C19H21ClFN3O.ClH/c20-14-6-7-18(16(21)10-14)23-19(25)8-9-24-11-15(17(22)12-24)13-4-2-1-3-5-13;/h1-7,10,15,17H,8-9,11-12,22H2,(H,23,25);1H/t15-,17+;/m0./s1. The zero-order valence-corrected chi connectivity index (χ0v) is 15.8. The summed E-state index contributed by atoms with van der Waals surface area (Å²) in [5, 5.41) is 2.88. The Kier molecular flexibility index (Phi) is 7.41. The van der Waals surface area contributed by atoms with E-state index in [0.717, 1.165) is 13.1 Å². The fourth-order valence-corrected chi connectivity index (χ4v) is 3.37. The number of amides is 1. The molecule has 2 aromatic rings. The SMILES string of the molecule is Cl.N[C@@H]1CN(CCC(=O)Nc2ccc(Cl)cc2F)C[C@H]1c1ccccc1. The predicted octanol–water partition coefficient (Wildman–Crippen LogP) is 3.66. The molecule has 0 unspecified atom stereocenters. The van der Waals surface area contributed by atoms with E-state index in [2.05, 4.69) is 22.3 Å². The molecule has 2 aromatic carbocycles. The normalized spacial score (nSPS) is 19.8. The van der Waals surface area contributed by atoms with E-state index < -0.39 is 5.82 Å². The fourth-order valence-electron chi connectivity index (χ4n) is 3.21. The van der Waals surface area contributed by atoms with Crippen LogP contribution in [-0.4, -0.2) is 36.5 Å². The first kappa shape index (κ1) is 20.6. The van der Waals surface area contributed by atoms with Gasteiger partial charge in [0.2, 0.25) is 5.91 Å². The number of nitrogens with zero attached hydrogens (tertiary/aromatic N) is 1. The van der Waals surface area contributed by atoms with Crippen molar-refractivity contribution in [2.45, 2.75) is 18.4 Å². The van der Waals surface area contributed by atoms with Gasteiger partial charge in [0.15, 0.2) is 0 Å². The van der Waals surface area contributed by atoms with E-state index in [-0.39, 0.29) is 42.4 Å². The highest BCUT2D eigenvalue weighted by atomic mass is 35.5. The lowest BCUT2D eigenvalue weighted by Crippen LogP contribution is -2.30. The van der Waals surface area contributed by atoms with Gasteiger partial charge in [-0.1, -0.05) is 41.9 Å². The second kappa shape index (κ2) is 9.33. The first-order valence-corrected chi connectivity index (χ1v) is 8.68. The van der Waals surface area contributed by atoms with Crippen LogP contribution in [0.15, 0.2) is 48.5 Å². The second-order valence-electron chi connectivity index (χ2n) is 6.36. The molecule has 1 heterocycles. The summed E-state index contributed by atoms with van der Waals surface area (Å²) in [6, 6.07) is 14.4. The summed E-state index contributed by atoms with van der Waals surface area (Å²) < 4.78 is 13.7. The van der Waals surface area contributed by atoms with Crippen molar-refractivity contribution in [1.82, 2.24) is 4.90 Å². The predicted molar refractivity (Wildman–Crippen MR) is 106 cm³/mol. The van der Waals surface area contributed by atoms with Crippen LogP contribution in [0.2, 0.25) is 5.02 Å². The van der Waals surface area contributed by atoms with Crippen molar-refractivity contribution >= 4 is 35.6 Å². The van der Waals surface area contributed by atoms with Gasteiger partial charge in [0.25, 0.3) is 0 Å². The van der Waals surface area contributed by atoms with Crippen LogP contribution >= 0.6 is 24.0 Å². The highest BCUT2D eigenvalue weighted by Crippen LogP contribution is 2.26. The molecule has 4 nitrogen and oxygen atoms in total. The zero-order valence-electron chi connectivity index (χ0n) is 14.2. The number of nitrogens with two attached hydrogens (primary N) is 1. The van der Waals surface area contributed by atoms with Gasteiger partial charge in [-0.15, -0.1) is 12.4 Å². The monoisotopic (exact) mass is 397 g/mol. The maximum atomic E-state index is 13.7. The summed E-state index contributed by atoms with van der Waals surface area (Å²) >= 11 is 5.71. The minimum atomic E-state index is -0.534. The lowest BCUT2D eigenvalue weighted by atomic mass is 9.95. The van der Waals surface area contributed by atoms with Crippen molar-refractivity contribution in [1.29, 1.82) is 0 Å². The van der Waals surface area contributed by atoms with Gasteiger partial charge in [0.1, 0.15) is 5.82 Å². The number of carbonyl (C=O) groups is 1. The molecule has 0 aromatic heterocycles. The van der Waals surface area contributed by atoms with Gasteiger partial charge >= 0.3 is 0 Å². The third-order valence-corrected chi connectivity index (χ3v) is 4.76. The Bertz CT molecular complexity index is 745. The van der Waals surface area contributed by atoms with E-state index in [4.69, 9.17) is 17.3 Å². The molecule has 1 amide bonds. The first-order chi connectivity index (χ1) is 12.0. The van der Waals surface area contributed by atoms with E-state index in [1.165, 1.54) is 17.7 Å². The summed E-state index contributed by atoms with van der Waals surface area (Å²) in [6.07, 6.45) is 0.288. The molecular weight excluding hydrogens is 376 g/mol. The lowest BCUT2D eigenvalue weighted by molar-refractivity contribution is -0.116. The zero-order chi connectivity index (χ0) is 17.8. The van der Waals surface area contributed by atoms with Gasteiger partial charge in [-0.25, -0.2) is 4.39 Å². The van der Waals surface area contributed by atoms with E-state index in [1.54, 1.807) is 6.07 Å². The third-order valence-electron chi connectivity index (χ3n) is 4.53. The number of benzene rings is 2. The van der Waals surface area contributed by atoms with Crippen molar-refractivity contribution < 1.29 is 9.18 Å². The molecule has 1 aliphatic heterocycles. The van der Waals surface area contributed by atoms with Crippen LogP contribution in [0.4, 0.5) is 10.1 Å². The summed E-state index contributed by atoms with van der Waals surface area (Å²) in [4.78, 5) is 14.3. The molecule has 26 heavy (non-hydrogen) atoms. The average molecular weight is 398 g/mol. The Hall–Kier alpha value is -1.66. The summed E-state index contributed by atoms with van der Waals surface area (Å²) in [7, 11) is 0. The van der Waals surface area contributed by atoms with Gasteiger partial charge < -0.3 is 16.0 Å². The van der Waals surface area contributed by atoms with Crippen LogP contribution in [0.1, 0.15) is 17.9 Å². The van der Waals surface area contributed by atoms with Gasteiger partial charge in [0.05, 0.1) is 5.69 Å². The first-order valence-electron chi connectivity index (χ1n) is 8.30. The van der Waals surface area contributed by atoms with Crippen molar-refractivity contribution in [2.24, 2.45) is 5.73 Å². The minimum Gasteiger partial charge on any atom is -0.326 e. The van der Waals surface area contributed by atoms with Crippen LogP contribution < -0.4 is 11.1 Å². The summed E-state index contributed by atoms with van der Waals surface area (Å²) in [5.74, 6) is -0.482. The number of halogens is 3. The number of nitrogens with one attached hydrogen (secondary N) is 1. The third kappa shape index (κ3) is 5.17. The fraction of sp³-hybridized carbons (Fsp3) is 0.316. The molecule has 140 valence electrons. The molecule has 1 fully saturated rings. The molecule has 1 saturated heterocycles. The van der Waals surface area contributed by atoms with Gasteiger partial charge in [0, 0.05) is 43.0 Å². The molecule has 0 aliphatic carbocycles. The van der Waals surface area contributed by atoms with Crippen LogP contribution in [-0.2, 0) is 4.79 Å². The van der Waals surface area contributed by atoms with Crippen molar-refractivity contribution in [2.75, 3.05) is 25.0 Å². The molecule has 7 heteroatoms. The Morgan fingerprint density at radius 3 is 2.65 bits per heavy atom. The Morgan fingerprint density at radius 1 is 1.23 bits per heavy atom. The largest absolute Gasteiger partial charge is 0.326 e. The van der Waals surface area contributed by atoms with Gasteiger partial charge in [-0.3, -0.25) is 4.79 Å². The summed E-state index contributed by atoms with van der Waals surface area (Å²) in [6.45, 7) is 2.17. The molecule has 0 radical (unpaired) electrons. The molecule has 3 N–H and O–H groups in total. The van der Waals surface area contributed by atoms with Crippen LogP contribution in [0.3, 0.4) is 0 Å². The van der Waals surface area contributed by atoms with Gasteiger partial charge in [-0.05, 0) is 23.8 Å². The number of hydrogen-bond acceptors (Lipinski definition) is 3. The maximum absolute atomic E-state index is 13.7. The Morgan fingerprint density at radius 2 is 1.96 bits per heavy atom. The quantitative estimate of drug-likeness (QED) is 0.809. The van der Waals surface area contributed by atoms with Crippen LogP contribution in [0.25, 0.3) is 0 Å². The lowest BCUT2D eigenvalue weighted by Gasteiger charge is -2.16. The maximum Gasteiger partial charge on any atom is 0.225 e. The molecule has 0 spiro atoms. The average Bonchev–Trinajstić information content (AvgIpc) is 2.97. The topological polar surface area (TPSA) is 58.4 Å². The van der Waals surface area contributed by atoms with Crippen LogP contribution in [0.5, 0.6) is 0 Å². The molecule has 1 aliphatic rings. The number of carbonyl (C=O) groups excluding carboxylic acids is 1. The molecule has 0 bridgehead atoms. The number of anilines is 1. The molecule has 3 rings (SSSR count). The highest BCUT2D eigenvalue weighted by molar-refractivity contribution is 6.30. The Labute approximate surface area is 163 Å². The molecule has 2 atom stereocenters. The summed E-state index contributed by atoms with van der Waals surface area (Å²) in [5.41, 5.74) is 7.64. The molecular formula is C19H22Cl2FN3O. The molecule has 0 saturated carbocycles. The van der Waals surface area contributed by atoms with Crippen LogP contribution in [0, 0.1) is 5.82 Å². The number of rotatable bonds is 5. The number of likely N-dealkylation sites (tertiary alicyclic amines) is 1.